The van der Waals surface area contributed by atoms with E-state index in [1.165, 1.54) is 25.7 Å². The van der Waals surface area contributed by atoms with Crippen LogP contribution in [0.4, 0.5) is 5.69 Å². The third-order valence-corrected chi connectivity index (χ3v) is 4.07. The molecule has 0 atom stereocenters. The predicted octanol–water partition coefficient (Wildman–Crippen LogP) is 2.47. The topological polar surface area (TPSA) is 67.4 Å². The van der Waals surface area contributed by atoms with Crippen LogP contribution in [0.1, 0.15) is 48.9 Å². The van der Waals surface area contributed by atoms with Crippen LogP contribution in [0.25, 0.3) is 0 Å². The van der Waals surface area contributed by atoms with Crippen molar-refractivity contribution in [1.82, 2.24) is 5.32 Å². The van der Waals surface area contributed by atoms with Gasteiger partial charge in [-0.2, -0.15) is 0 Å². The van der Waals surface area contributed by atoms with Gasteiger partial charge in [-0.25, -0.2) is 0 Å². The fourth-order valence-electron chi connectivity index (χ4n) is 2.98. The van der Waals surface area contributed by atoms with Crippen LogP contribution in [-0.2, 0) is 4.79 Å². The maximum Gasteiger partial charge on any atom is 0.262 e. The van der Waals surface area contributed by atoms with Crippen LogP contribution in [0.5, 0.6) is 5.75 Å². The lowest BCUT2D eigenvalue weighted by atomic mass is 10.1. The molecule has 2 amide bonds. The number of para-hydroxylation sites is 1. The summed E-state index contributed by atoms with van der Waals surface area (Å²) in [7, 11) is 0. The normalized spacial score (nSPS) is 19.0. The van der Waals surface area contributed by atoms with Gasteiger partial charge in [-0.1, -0.05) is 31.7 Å². The van der Waals surface area contributed by atoms with Crippen molar-refractivity contribution in [3.05, 3.63) is 23.8 Å². The molecule has 1 saturated carbocycles. The molecule has 5 heteroatoms. The van der Waals surface area contributed by atoms with E-state index in [9.17, 15) is 9.59 Å². The van der Waals surface area contributed by atoms with Crippen LogP contribution in [0.2, 0.25) is 0 Å². The Balaban J connectivity index is 1.75. The number of benzene rings is 1. The standard InChI is InChI=1S/C16H20N2O3/c19-14-10-21-15-12(8-5-9-13(15)18-14)16(20)17-11-6-3-1-2-4-7-11/h5,8-9,11H,1-4,6-7,10H2,(H,17,20)(H,18,19). The summed E-state index contributed by atoms with van der Waals surface area (Å²) >= 11 is 0. The van der Waals surface area contributed by atoms with Crippen molar-refractivity contribution in [3.63, 3.8) is 0 Å². The minimum atomic E-state index is -0.191. The van der Waals surface area contributed by atoms with E-state index >= 15 is 0 Å². The quantitative estimate of drug-likeness (QED) is 0.821. The Morgan fingerprint density at radius 1 is 1.19 bits per heavy atom. The first-order chi connectivity index (χ1) is 10.2. The van der Waals surface area contributed by atoms with Gasteiger partial charge in [0.25, 0.3) is 11.8 Å². The summed E-state index contributed by atoms with van der Waals surface area (Å²) in [5.41, 5.74) is 1.07. The molecule has 21 heavy (non-hydrogen) atoms. The highest BCUT2D eigenvalue weighted by molar-refractivity contribution is 6.03. The highest BCUT2D eigenvalue weighted by atomic mass is 16.5. The van der Waals surface area contributed by atoms with Crippen molar-refractivity contribution in [2.45, 2.75) is 44.6 Å². The van der Waals surface area contributed by atoms with Crippen molar-refractivity contribution < 1.29 is 14.3 Å². The van der Waals surface area contributed by atoms with E-state index in [0.29, 0.717) is 17.0 Å². The molecule has 1 aliphatic heterocycles. The third kappa shape index (κ3) is 3.17. The second-order valence-corrected chi connectivity index (χ2v) is 5.68. The Labute approximate surface area is 124 Å². The van der Waals surface area contributed by atoms with Gasteiger partial charge in [-0.05, 0) is 25.0 Å². The summed E-state index contributed by atoms with van der Waals surface area (Å²) in [5, 5.41) is 5.83. The van der Waals surface area contributed by atoms with Gasteiger partial charge in [0.15, 0.2) is 12.4 Å². The van der Waals surface area contributed by atoms with Crippen LogP contribution in [0, 0.1) is 0 Å². The first-order valence-electron chi connectivity index (χ1n) is 7.60. The van der Waals surface area contributed by atoms with Gasteiger partial charge >= 0.3 is 0 Å². The van der Waals surface area contributed by atoms with Crippen molar-refractivity contribution in [2.75, 3.05) is 11.9 Å². The number of amides is 2. The lowest BCUT2D eigenvalue weighted by Crippen LogP contribution is -2.35. The van der Waals surface area contributed by atoms with Gasteiger partial charge in [-0.3, -0.25) is 9.59 Å². The lowest BCUT2D eigenvalue weighted by Gasteiger charge is -2.22. The van der Waals surface area contributed by atoms with Crippen molar-refractivity contribution in [2.24, 2.45) is 0 Å². The number of ether oxygens (including phenoxy) is 1. The van der Waals surface area contributed by atoms with Crippen LogP contribution >= 0.6 is 0 Å². The second kappa shape index (κ2) is 6.16. The van der Waals surface area contributed by atoms with Crippen LogP contribution in [-0.4, -0.2) is 24.5 Å². The van der Waals surface area contributed by atoms with Crippen LogP contribution in [0.3, 0.4) is 0 Å². The van der Waals surface area contributed by atoms with Gasteiger partial charge in [-0.15, -0.1) is 0 Å². The molecule has 2 aliphatic rings. The summed E-state index contributed by atoms with van der Waals surface area (Å²) in [6.45, 7) is -0.0410. The molecule has 1 aromatic rings. The maximum absolute atomic E-state index is 12.5. The Morgan fingerprint density at radius 3 is 2.71 bits per heavy atom. The summed E-state index contributed by atoms with van der Waals surface area (Å²) < 4.78 is 5.43. The number of carbonyl (C=O) groups is 2. The molecule has 0 unspecified atom stereocenters. The number of anilines is 1. The van der Waals surface area contributed by atoms with Gasteiger partial charge in [0, 0.05) is 6.04 Å². The highest BCUT2D eigenvalue weighted by Crippen LogP contribution is 2.31. The monoisotopic (exact) mass is 288 g/mol. The molecule has 0 spiro atoms. The average Bonchev–Trinajstić information content (AvgIpc) is 2.75. The van der Waals surface area contributed by atoms with E-state index in [4.69, 9.17) is 4.74 Å². The number of rotatable bonds is 2. The minimum Gasteiger partial charge on any atom is -0.481 e. The van der Waals surface area contributed by atoms with Crippen molar-refractivity contribution in [3.8, 4) is 5.75 Å². The second-order valence-electron chi connectivity index (χ2n) is 5.68. The fourth-order valence-corrected chi connectivity index (χ4v) is 2.98. The predicted molar refractivity (Wildman–Crippen MR) is 79.5 cm³/mol. The summed E-state index contributed by atoms with van der Waals surface area (Å²) in [5.74, 6) is 0.168. The fraction of sp³-hybridized carbons (Fsp3) is 0.500. The molecule has 5 nitrogen and oxygen atoms in total. The molecule has 1 aromatic carbocycles. The Hall–Kier alpha value is -2.04. The highest BCUT2D eigenvalue weighted by Gasteiger charge is 2.24. The number of nitrogens with one attached hydrogen (secondary N) is 2. The average molecular weight is 288 g/mol. The van der Waals surface area contributed by atoms with Crippen LogP contribution in [0.15, 0.2) is 18.2 Å². The van der Waals surface area contributed by atoms with Crippen molar-refractivity contribution in [1.29, 1.82) is 0 Å². The van der Waals surface area contributed by atoms with E-state index in [1.807, 2.05) is 0 Å². The smallest absolute Gasteiger partial charge is 0.262 e. The SMILES string of the molecule is O=C1COc2c(cccc2C(=O)NC2CCCCCC2)N1. The number of fused-ring (bicyclic) bond motifs is 1. The summed E-state index contributed by atoms with van der Waals surface area (Å²) in [6, 6.07) is 5.49. The van der Waals surface area contributed by atoms with Crippen LogP contribution < -0.4 is 15.4 Å². The van der Waals surface area contributed by atoms with E-state index < -0.39 is 0 Å². The summed E-state index contributed by atoms with van der Waals surface area (Å²) in [6.07, 6.45) is 6.93. The first-order valence-corrected chi connectivity index (χ1v) is 7.60. The molecular weight excluding hydrogens is 268 g/mol. The number of hydrogen-bond donors (Lipinski definition) is 2. The van der Waals surface area contributed by atoms with Gasteiger partial charge in [0.05, 0.1) is 11.3 Å². The number of hydrogen-bond acceptors (Lipinski definition) is 3. The zero-order valence-electron chi connectivity index (χ0n) is 12.0. The molecule has 2 N–H and O–H groups in total. The molecule has 1 heterocycles. The van der Waals surface area contributed by atoms with E-state index in [0.717, 1.165) is 12.8 Å². The third-order valence-electron chi connectivity index (χ3n) is 4.07. The van der Waals surface area contributed by atoms with E-state index in [-0.39, 0.29) is 24.5 Å². The Bertz CT molecular complexity index is 548. The van der Waals surface area contributed by atoms with E-state index in [2.05, 4.69) is 10.6 Å². The van der Waals surface area contributed by atoms with Gasteiger partial charge in [0.1, 0.15) is 0 Å². The first kappa shape index (κ1) is 13.9. The van der Waals surface area contributed by atoms with E-state index in [1.54, 1.807) is 18.2 Å². The molecule has 3 rings (SSSR count). The summed E-state index contributed by atoms with van der Waals surface area (Å²) in [4.78, 5) is 23.8. The Morgan fingerprint density at radius 2 is 1.95 bits per heavy atom. The molecule has 1 fully saturated rings. The molecule has 112 valence electrons. The maximum atomic E-state index is 12.5. The molecule has 0 saturated heterocycles. The Kier molecular flexibility index (Phi) is 4.08. The molecule has 0 aromatic heterocycles. The van der Waals surface area contributed by atoms with Gasteiger partial charge < -0.3 is 15.4 Å². The number of carbonyl (C=O) groups excluding carboxylic acids is 2. The lowest BCUT2D eigenvalue weighted by molar-refractivity contribution is -0.118. The largest absolute Gasteiger partial charge is 0.481 e. The molecule has 0 bridgehead atoms. The molecular formula is C16H20N2O3. The minimum absolute atomic E-state index is 0.0410. The zero-order chi connectivity index (χ0) is 14.7. The van der Waals surface area contributed by atoms with Crippen molar-refractivity contribution >= 4 is 17.5 Å². The molecule has 1 aliphatic carbocycles. The zero-order valence-corrected chi connectivity index (χ0v) is 12.0. The molecule has 0 radical (unpaired) electrons. The van der Waals surface area contributed by atoms with Gasteiger partial charge in [0.2, 0.25) is 0 Å².